The van der Waals surface area contributed by atoms with Crippen LogP contribution in [0.3, 0.4) is 0 Å². The molecule has 1 saturated carbocycles. The Morgan fingerprint density at radius 2 is 1.62 bits per heavy atom. The van der Waals surface area contributed by atoms with E-state index in [1.165, 1.54) is 0 Å². The van der Waals surface area contributed by atoms with Crippen molar-refractivity contribution in [1.29, 1.82) is 0 Å². The van der Waals surface area contributed by atoms with Gasteiger partial charge in [0.15, 0.2) is 5.79 Å². The standard InChI is InChI=1S/C10H14F2O4/c11-7(12)9(8(13)14)1-3-10(4-2-9)15-5-6-16-10/h7H,1-6H2,(H,13,14). The molecule has 92 valence electrons. The van der Waals surface area contributed by atoms with Crippen LogP contribution in [0.5, 0.6) is 0 Å². The number of halogens is 2. The van der Waals surface area contributed by atoms with Crippen molar-refractivity contribution in [2.75, 3.05) is 13.2 Å². The zero-order valence-electron chi connectivity index (χ0n) is 8.75. The molecule has 2 fully saturated rings. The average molecular weight is 236 g/mol. The maximum atomic E-state index is 12.8. The minimum absolute atomic E-state index is 0.0972. The first-order chi connectivity index (χ1) is 7.51. The van der Waals surface area contributed by atoms with E-state index in [-0.39, 0.29) is 25.7 Å². The molecule has 1 N–H and O–H groups in total. The number of carbonyl (C=O) groups is 1. The molecule has 0 radical (unpaired) electrons. The molecule has 2 aliphatic rings. The number of hydrogen-bond acceptors (Lipinski definition) is 3. The lowest BCUT2D eigenvalue weighted by atomic mass is 9.72. The van der Waals surface area contributed by atoms with Gasteiger partial charge in [-0.2, -0.15) is 0 Å². The lowest BCUT2D eigenvalue weighted by Gasteiger charge is -2.40. The van der Waals surface area contributed by atoms with Crippen molar-refractivity contribution in [3.63, 3.8) is 0 Å². The summed E-state index contributed by atoms with van der Waals surface area (Å²) in [5, 5.41) is 8.93. The third-order valence-electron chi connectivity index (χ3n) is 3.56. The van der Waals surface area contributed by atoms with Crippen molar-refractivity contribution in [2.45, 2.75) is 37.9 Å². The summed E-state index contributed by atoms with van der Waals surface area (Å²) in [6, 6.07) is 0. The fraction of sp³-hybridized carbons (Fsp3) is 0.900. The monoisotopic (exact) mass is 236 g/mol. The van der Waals surface area contributed by atoms with Gasteiger partial charge in [0.2, 0.25) is 0 Å². The van der Waals surface area contributed by atoms with Gasteiger partial charge >= 0.3 is 5.97 Å². The third kappa shape index (κ3) is 1.69. The summed E-state index contributed by atoms with van der Waals surface area (Å²) in [5.41, 5.74) is -1.92. The highest BCUT2D eigenvalue weighted by molar-refractivity contribution is 5.75. The van der Waals surface area contributed by atoms with Gasteiger partial charge in [-0.25, -0.2) is 8.78 Å². The Hall–Kier alpha value is -0.750. The van der Waals surface area contributed by atoms with Gasteiger partial charge in [0.1, 0.15) is 5.41 Å². The van der Waals surface area contributed by atoms with Crippen LogP contribution in [0, 0.1) is 5.41 Å². The number of carboxylic acids is 1. The summed E-state index contributed by atoms with van der Waals surface area (Å²) in [4.78, 5) is 11.0. The van der Waals surface area contributed by atoms with Gasteiger partial charge in [-0.1, -0.05) is 0 Å². The normalized spacial score (nSPS) is 27.4. The fourth-order valence-corrected chi connectivity index (χ4v) is 2.39. The number of alkyl halides is 2. The van der Waals surface area contributed by atoms with E-state index in [0.717, 1.165) is 0 Å². The summed E-state index contributed by atoms with van der Waals surface area (Å²) in [6.07, 6.45) is -2.59. The third-order valence-corrected chi connectivity index (χ3v) is 3.56. The van der Waals surface area contributed by atoms with E-state index in [2.05, 4.69) is 0 Å². The van der Waals surface area contributed by atoms with Crippen LogP contribution in [-0.4, -0.2) is 36.5 Å². The lowest BCUT2D eigenvalue weighted by Crippen LogP contribution is -2.47. The summed E-state index contributed by atoms with van der Waals surface area (Å²) in [7, 11) is 0. The van der Waals surface area contributed by atoms with Crippen molar-refractivity contribution in [3.8, 4) is 0 Å². The average Bonchev–Trinajstić information content (AvgIpc) is 2.67. The zero-order valence-corrected chi connectivity index (χ0v) is 8.75. The van der Waals surface area contributed by atoms with E-state index in [1.54, 1.807) is 0 Å². The van der Waals surface area contributed by atoms with Gasteiger partial charge in [0.25, 0.3) is 6.43 Å². The van der Waals surface area contributed by atoms with Crippen LogP contribution >= 0.6 is 0 Å². The molecule has 0 atom stereocenters. The van der Waals surface area contributed by atoms with Crippen LogP contribution < -0.4 is 0 Å². The molecule has 1 aliphatic heterocycles. The van der Waals surface area contributed by atoms with Crippen LogP contribution in [0.25, 0.3) is 0 Å². The van der Waals surface area contributed by atoms with Gasteiger partial charge in [0, 0.05) is 12.8 Å². The highest BCUT2D eigenvalue weighted by atomic mass is 19.3. The topological polar surface area (TPSA) is 55.8 Å². The molecule has 0 bridgehead atoms. The molecular formula is C10H14F2O4. The molecule has 1 aliphatic carbocycles. The summed E-state index contributed by atoms with van der Waals surface area (Å²) in [5.74, 6) is -2.22. The zero-order chi connectivity index (χ0) is 11.8. The predicted octanol–water partition coefficient (Wildman–Crippen LogP) is 1.64. The first-order valence-electron chi connectivity index (χ1n) is 5.30. The van der Waals surface area contributed by atoms with E-state index in [4.69, 9.17) is 14.6 Å². The van der Waals surface area contributed by atoms with Crippen LogP contribution in [0.1, 0.15) is 25.7 Å². The van der Waals surface area contributed by atoms with E-state index in [0.29, 0.717) is 13.2 Å². The molecule has 16 heavy (non-hydrogen) atoms. The van der Waals surface area contributed by atoms with Crippen molar-refractivity contribution >= 4 is 5.97 Å². The lowest BCUT2D eigenvalue weighted by molar-refractivity contribution is -0.210. The van der Waals surface area contributed by atoms with Gasteiger partial charge in [0.05, 0.1) is 13.2 Å². The SMILES string of the molecule is O=C(O)C1(C(F)F)CCC2(CC1)OCCO2. The van der Waals surface area contributed by atoms with E-state index < -0.39 is 23.6 Å². The molecular weight excluding hydrogens is 222 g/mol. The fourth-order valence-electron chi connectivity index (χ4n) is 2.39. The molecule has 1 spiro atoms. The van der Waals surface area contributed by atoms with E-state index in [9.17, 15) is 13.6 Å². The van der Waals surface area contributed by atoms with Crippen LogP contribution in [0.15, 0.2) is 0 Å². The Bertz CT molecular complexity index is 277. The number of hydrogen-bond donors (Lipinski definition) is 1. The van der Waals surface area contributed by atoms with Crippen molar-refractivity contribution in [3.05, 3.63) is 0 Å². The van der Waals surface area contributed by atoms with Crippen molar-refractivity contribution < 1.29 is 28.2 Å². The second-order valence-corrected chi connectivity index (χ2v) is 4.37. The quantitative estimate of drug-likeness (QED) is 0.791. The number of rotatable bonds is 2. The van der Waals surface area contributed by atoms with E-state index >= 15 is 0 Å². The molecule has 0 aromatic carbocycles. The molecule has 2 rings (SSSR count). The number of carboxylic acid groups (broad SMARTS) is 1. The molecule has 4 nitrogen and oxygen atoms in total. The number of ether oxygens (including phenoxy) is 2. The minimum atomic E-state index is -2.84. The Morgan fingerprint density at radius 3 is 2.00 bits per heavy atom. The first kappa shape index (κ1) is 11.7. The smallest absolute Gasteiger partial charge is 0.315 e. The Balaban J connectivity index is 2.09. The number of aliphatic carboxylic acids is 1. The summed E-state index contributed by atoms with van der Waals surface area (Å²) in [6.45, 7) is 0.906. The minimum Gasteiger partial charge on any atom is -0.481 e. The Kier molecular flexibility index (Phi) is 2.88. The van der Waals surface area contributed by atoms with Gasteiger partial charge in [-0.15, -0.1) is 0 Å². The molecule has 1 saturated heterocycles. The molecule has 0 aromatic heterocycles. The molecule has 0 aromatic rings. The maximum absolute atomic E-state index is 12.8. The van der Waals surface area contributed by atoms with Gasteiger partial charge in [-0.05, 0) is 12.8 Å². The van der Waals surface area contributed by atoms with Crippen LogP contribution in [0.2, 0.25) is 0 Å². The van der Waals surface area contributed by atoms with Crippen LogP contribution in [-0.2, 0) is 14.3 Å². The predicted molar refractivity (Wildman–Crippen MR) is 49.2 cm³/mol. The van der Waals surface area contributed by atoms with E-state index in [1.807, 2.05) is 0 Å². The molecule has 0 unspecified atom stereocenters. The second-order valence-electron chi connectivity index (χ2n) is 4.37. The highest BCUT2D eigenvalue weighted by Gasteiger charge is 2.54. The highest BCUT2D eigenvalue weighted by Crippen LogP contribution is 2.47. The molecule has 6 heteroatoms. The maximum Gasteiger partial charge on any atom is 0.315 e. The largest absolute Gasteiger partial charge is 0.481 e. The van der Waals surface area contributed by atoms with Gasteiger partial charge < -0.3 is 14.6 Å². The van der Waals surface area contributed by atoms with Crippen molar-refractivity contribution in [2.24, 2.45) is 5.41 Å². The summed E-state index contributed by atoms with van der Waals surface area (Å²) >= 11 is 0. The summed E-state index contributed by atoms with van der Waals surface area (Å²) < 4.78 is 36.4. The van der Waals surface area contributed by atoms with Crippen LogP contribution in [0.4, 0.5) is 8.78 Å². The Morgan fingerprint density at radius 1 is 1.12 bits per heavy atom. The first-order valence-corrected chi connectivity index (χ1v) is 5.30. The second kappa shape index (κ2) is 3.92. The Labute approximate surface area is 91.5 Å². The van der Waals surface area contributed by atoms with Gasteiger partial charge in [-0.3, -0.25) is 4.79 Å². The molecule has 1 heterocycles. The molecule has 0 amide bonds. The van der Waals surface area contributed by atoms with Crippen molar-refractivity contribution in [1.82, 2.24) is 0 Å².